The third kappa shape index (κ3) is 0.874. The summed E-state index contributed by atoms with van der Waals surface area (Å²) >= 11 is 0. The Hall–Kier alpha value is -1.32. The molecular formula is C11H11F2NO. The number of rotatable bonds is 0. The smallest absolute Gasteiger partial charge is 0.265 e. The zero-order chi connectivity index (χ0) is 10.8. The molecule has 1 fully saturated rings. The maximum atomic E-state index is 13.6. The number of alkyl halides is 2. The van der Waals surface area contributed by atoms with Gasteiger partial charge in [0.15, 0.2) is 0 Å². The molecule has 2 aliphatic rings. The Labute approximate surface area is 86.0 Å². The molecule has 2 atom stereocenters. The fraction of sp³-hybridized carbons (Fsp3) is 0.455. The number of nitrogen functional groups attached to an aromatic ring is 1. The first-order valence-corrected chi connectivity index (χ1v) is 4.87. The van der Waals surface area contributed by atoms with E-state index in [1.165, 1.54) is 0 Å². The summed E-state index contributed by atoms with van der Waals surface area (Å²) in [5.74, 6) is -2.84. The first kappa shape index (κ1) is 8.95. The van der Waals surface area contributed by atoms with Gasteiger partial charge in [-0.2, -0.15) is 0 Å². The summed E-state index contributed by atoms with van der Waals surface area (Å²) in [7, 11) is 0. The van der Waals surface area contributed by atoms with E-state index in [1.54, 1.807) is 25.1 Å². The molecule has 1 aromatic rings. The summed E-state index contributed by atoms with van der Waals surface area (Å²) in [6.07, 6.45) is 0. The van der Waals surface area contributed by atoms with Crippen LogP contribution in [-0.4, -0.2) is 12.5 Å². The minimum Gasteiger partial charge on any atom is -0.492 e. The highest BCUT2D eigenvalue weighted by molar-refractivity contribution is 5.55. The molecule has 1 heterocycles. The molecular weight excluding hydrogens is 200 g/mol. The molecule has 2 unspecified atom stereocenters. The predicted molar refractivity (Wildman–Crippen MR) is 52.1 cm³/mol. The molecule has 0 spiro atoms. The SMILES string of the molecule is CC12COc3cc(N)ccc3C1C2(F)F. The Kier molecular flexibility index (Phi) is 1.35. The first-order chi connectivity index (χ1) is 6.97. The van der Waals surface area contributed by atoms with Crippen molar-refractivity contribution in [2.24, 2.45) is 5.41 Å². The van der Waals surface area contributed by atoms with Gasteiger partial charge in [-0.05, 0) is 13.0 Å². The van der Waals surface area contributed by atoms with Crippen molar-refractivity contribution in [1.29, 1.82) is 0 Å². The van der Waals surface area contributed by atoms with Crippen LogP contribution >= 0.6 is 0 Å². The van der Waals surface area contributed by atoms with Gasteiger partial charge >= 0.3 is 0 Å². The summed E-state index contributed by atoms with van der Waals surface area (Å²) in [5.41, 5.74) is 5.69. The van der Waals surface area contributed by atoms with Crippen LogP contribution in [0.2, 0.25) is 0 Å². The lowest BCUT2D eigenvalue weighted by Gasteiger charge is -2.20. The molecule has 0 amide bonds. The van der Waals surface area contributed by atoms with Gasteiger partial charge < -0.3 is 10.5 Å². The van der Waals surface area contributed by atoms with Crippen molar-refractivity contribution in [3.05, 3.63) is 23.8 Å². The Morgan fingerprint density at radius 1 is 1.47 bits per heavy atom. The van der Waals surface area contributed by atoms with E-state index in [4.69, 9.17) is 10.5 Å². The zero-order valence-corrected chi connectivity index (χ0v) is 8.26. The van der Waals surface area contributed by atoms with E-state index in [2.05, 4.69) is 0 Å². The maximum absolute atomic E-state index is 13.6. The van der Waals surface area contributed by atoms with Crippen molar-refractivity contribution in [3.8, 4) is 5.75 Å². The molecule has 1 aromatic carbocycles. The Morgan fingerprint density at radius 3 is 2.93 bits per heavy atom. The lowest BCUT2D eigenvalue weighted by molar-refractivity contribution is 0.0515. The second-order valence-electron chi connectivity index (χ2n) is 4.56. The minimum absolute atomic E-state index is 0.0706. The van der Waals surface area contributed by atoms with Crippen LogP contribution in [0.5, 0.6) is 5.75 Å². The highest BCUT2D eigenvalue weighted by Crippen LogP contribution is 2.73. The lowest BCUT2D eigenvalue weighted by atomic mass is 9.98. The van der Waals surface area contributed by atoms with Gasteiger partial charge in [-0.3, -0.25) is 0 Å². The van der Waals surface area contributed by atoms with Gasteiger partial charge in [-0.15, -0.1) is 0 Å². The van der Waals surface area contributed by atoms with E-state index in [9.17, 15) is 8.78 Å². The highest BCUT2D eigenvalue weighted by Gasteiger charge is 2.80. The minimum atomic E-state index is -2.64. The summed E-state index contributed by atoms with van der Waals surface area (Å²) in [4.78, 5) is 0. The van der Waals surface area contributed by atoms with Crippen molar-refractivity contribution in [3.63, 3.8) is 0 Å². The van der Waals surface area contributed by atoms with Crippen molar-refractivity contribution < 1.29 is 13.5 Å². The van der Waals surface area contributed by atoms with E-state index in [0.717, 1.165) is 0 Å². The number of fused-ring (bicyclic) bond motifs is 3. The van der Waals surface area contributed by atoms with Crippen LogP contribution in [0.1, 0.15) is 18.4 Å². The van der Waals surface area contributed by atoms with Crippen molar-refractivity contribution >= 4 is 5.69 Å². The van der Waals surface area contributed by atoms with E-state index in [0.29, 0.717) is 17.0 Å². The Balaban J connectivity index is 2.13. The summed E-state index contributed by atoms with van der Waals surface area (Å²) in [6, 6.07) is 4.90. The van der Waals surface area contributed by atoms with E-state index < -0.39 is 17.3 Å². The zero-order valence-electron chi connectivity index (χ0n) is 8.26. The van der Waals surface area contributed by atoms with Crippen LogP contribution in [0.25, 0.3) is 0 Å². The van der Waals surface area contributed by atoms with Crippen LogP contribution in [0.4, 0.5) is 14.5 Å². The standard InChI is InChI=1S/C11H11F2NO/c1-10-5-15-8-4-6(14)2-3-7(8)9(10)11(10,12)13/h2-4,9H,5,14H2,1H3. The normalized spacial score (nSPS) is 35.0. The van der Waals surface area contributed by atoms with Crippen LogP contribution in [0.3, 0.4) is 0 Å². The summed E-state index contributed by atoms with van der Waals surface area (Å²) in [5, 5.41) is 0. The second kappa shape index (κ2) is 2.26. The maximum Gasteiger partial charge on any atom is 0.265 e. The predicted octanol–water partition coefficient (Wildman–Crippen LogP) is 2.40. The van der Waals surface area contributed by atoms with Gasteiger partial charge in [0, 0.05) is 17.3 Å². The molecule has 2 nitrogen and oxygen atoms in total. The number of hydrogen-bond acceptors (Lipinski definition) is 2. The third-order valence-electron chi connectivity index (χ3n) is 3.55. The largest absolute Gasteiger partial charge is 0.492 e. The third-order valence-corrected chi connectivity index (χ3v) is 3.55. The second-order valence-corrected chi connectivity index (χ2v) is 4.56. The number of nitrogens with two attached hydrogens (primary N) is 1. The van der Waals surface area contributed by atoms with Gasteiger partial charge in [-0.25, -0.2) is 8.78 Å². The van der Waals surface area contributed by atoms with Gasteiger partial charge in [-0.1, -0.05) is 6.07 Å². The molecule has 0 saturated heterocycles. The van der Waals surface area contributed by atoms with Crippen LogP contribution in [0.15, 0.2) is 18.2 Å². The number of ether oxygens (including phenoxy) is 1. The number of hydrogen-bond donors (Lipinski definition) is 1. The number of anilines is 1. The lowest BCUT2D eigenvalue weighted by Crippen LogP contribution is -2.19. The van der Waals surface area contributed by atoms with Gasteiger partial charge in [0.25, 0.3) is 5.92 Å². The quantitative estimate of drug-likeness (QED) is 0.669. The molecule has 1 saturated carbocycles. The highest BCUT2D eigenvalue weighted by atomic mass is 19.3. The van der Waals surface area contributed by atoms with Crippen LogP contribution in [0, 0.1) is 5.41 Å². The van der Waals surface area contributed by atoms with Crippen LogP contribution < -0.4 is 10.5 Å². The molecule has 1 aliphatic heterocycles. The van der Waals surface area contributed by atoms with Crippen LogP contribution in [-0.2, 0) is 0 Å². The molecule has 80 valence electrons. The van der Waals surface area contributed by atoms with E-state index in [1.807, 2.05) is 0 Å². The van der Waals surface area contributed by atoms with Gasteiger partial charge in [0.1, 0.15) is 12.4 Å². The van der Waals surface area contributed by atoms with Crippen molar-refractivity contribution in [1.82, 2.24) is 0 Å². The number of halogens is 2. The van der Waals surface area contributed by atoms with E-state index >= 15 is 0 Å². The van der Waals surface area contributed by atoms with Crippen molar-refractivity contribution in [2.75, 3.05) is 12.3 Å². The van der Waals surface area contributed by atoms with Crippen molar-refractivity contribution in [2.45, 2.75) is 18.8 Å². The molecule has 0 aromatic heterocycles. The first-order valence-electron chi connectivity index (χ1n) is 4.87. The monoisotopic (exact) mass is 211 g/mol. The molecule has 1 aliphatic carbocycles. The molecule has 0 bridgehead atoms. The molecule has 0 radical (unpaired) electrons. The van der Waals surface area contributed by atoms with Gasteiger partial charge in [0.05, 0.1) is 11.3 Å². The molecule has 2 N–H and O–H groups in total. The number of benzene rings is 1. The van der Waals surface area contributed by atoms with Gasteiger partial charge in [0.2, 0.25) is 0 Å². The topological polar surface area (TPSA) is 35.2 Å². The van der Waals surface area contributed by atoms with E-state index in [-0.39, 0.29) is 6.61 Å². The average molecular weight is 211 g/mol. The Bertz CT molecular complexity index is 446. The fourth-order valence-electron chi connectivity index (χ4n) is 2.44. The molecule has 3 rings (SSSR count). The Morgan fingerprint density at radius 2 is 2.20 bits per heavy atom. The summed E-state index contributed by atoms with van der Waals surface area (Å²) in [6.45, 7) is 1.64. The molecule has 4 heteroatoms. The fourth-order valence-corrected chi connectivity index (χ4v) is 2.44. The average Bonchev–Trinajstić information content (AvgIpc) is 2.62. The summed E-state index contributed by atoms with van der Waals surface area (Å²) < 4.78 is 32.4. The molecule has 15 heavy (non-hydrogen) atoms.